The highest BCUT2D eigenvalue weighted by atomic mass is 32.2. The molecule has 2 aromatic carbocycles. The van der Waals surface area contributed by atoms with Gasteiger partial charge in [-0.05, 0) is 65.9 Å². The Morgan fingerprint density at radius 3 is 2.06 bits per heavy atom. The first-order chi connectivity index (χ1) is 16.5. The molecule has 1 heterocycles. The zero-order valence-electron chi connectivity index (χ0n) is 21.6. The molecule has 0 aliphatic heterocycles. The normalized spacial score (nSPS) is 13.5. The van der Waals surface area contributed by atoms with Gasteiger partial charge < -0.3 is 14.8 Å². The summed E-state index contributed by atoms with van der Waals surface area (Å²) in [6.07, 6.45) is 3.75. The van der Waals surface area contributed by atoms with Gasteiger partial charge in [0, 0.05) is 31.0 Å². The molecule has 0 spiro atoms. The molecule has 8 heteroatoms. The Hall–Kier alpha value is -2.81. The van der Waals surface area contributed by atoms with Gasteiger partial charge in [-0.25, -0.2) is 4.21 Å². The maximum Gasteiger partial charge on any atom is 0.247 e. The van der Waals surface area contributed by atoms with E-state index in [0.29, 0.717) is 11.3 Å². The van der Waals surface area contributed by atoms with Crippen LogP contribution in [0.1, 0.15) is 67.0 Å². The predicted octanol–water partition coefficient (Wildman–Crippen LogP) is 5.30. The lowest BCUT2D eigenvalue weighted by Crippen LogP contribution is -2.27. The van der Waals surface area contributed by atoms with E-state index < -0.39 is 22.2 Å². The van der Waals surface area contributed by atoms with Gasteiger partial charge in [0.25, 0.3) is 0 Å². The minimum absolute atomic E-state index is 0.0447. The minimum atomic E-state index is -2.41. The summed E-state index contributed by atoms with van der Waals surface area (Å²) in [4.78, 5) is 15.5. The Labute approximate surface area is 210 Å². The SMILES string of the molecule is CC(C)c1cc(-c2cnn(C)c2)cc(C(C)C)c1C(C(=O)Nc1ccc(CN(C)C)cc1)S(=O)O. The van der Waals surface area contributed by atoms with Gasteiger partial charge in [-0.1, -0.05) is 52.0 Å². The molecule has 0 aliphatic rings. The monoisotopic (exact) mass is 496 g/mol. The Bertz CT molecular complexity index is 1170. The van der Waals surface area contributed by atoms with Crippen molar-refractivity contribution in [3.63, 3.8) is 0 Å². The summed E-state index contributed by atoms with van der Waals surface area (Å²) in [5.41, 5.74) is 6.06. The van der Waals surface area contributed by atoms with Gasteiger partial charge in [0.05, 0.1) is 6.20 Å². The number of anilines is 1. The van der Waals surface area contributed by atoms with Crippen molar-refractivity contribution in [2.24, 2.45) is 7.05 Å². The highest BCUT2D eigenvalue weighted by molar-refractivity contribution is 7.80. The number of rotatable bonds is 9. The van der Waals surface area contributed by atoms with Crippen LogP contribution >= 0.6 is 0 Å². The summed E-state index contributed by atoms with van der Waals surface area (Å²) in [6.45, 7) is 8.93. The molecular formula is C27H36N4O3S. The lowest BCUT2D eigenvalue weighted by Gasteiger charge is -2.25. The van der Waals surface area contributed by atoms with Crippen molar-refractivity contribution >= 4 is 22.7 Å². The van der Waals surface area contributed by atoms with Crippen molar-refractivity contribution in [1.29, 1.82) is 0 Å². The molecule has 0 radical (unpaired) electrons. The van der Waals surface area contributed by atoms with Crippen molar-refractivity contribution in [3.05, 3.63) is 71.0 Å². The van der Waals surface area contributed by atoms with Crippen molar-refractivity contribution < 1.29 is 13.6 Å². The number of carbonyl (C=O) groups excluding carboxylic acids is 1. The van der Waals surface area contributed by atoms with Gasteiger partial charge in [-0.2, -0.15) is 5.10 Å². The molecule has 2 unspecified atom stereocenters. The van der Waals surface area contributed by atoms with Crippen molar-refractivity contribution in [3.8, 4) is 11.1 Å². The number of nitrogens with zero attached hydrogens (tertiary/aromatic N) is 3. The summed E-state index contributed by atoms with van der Waals surface area (Å²) < 4.78 is 24.7. The van der Waals surface area contributed by atoms with E-state index in [0.717, 1.165) is 34.4 Å². The first-order valence-electron chi connectivity index (χ1n) is 11.8. The van der Waals surface area contributed by atoms with E-state index in [2.05, 4.69) is 15.3 Å². The Morgan fingerprint density at radius 2 is 1.63 bits per heavy atom. The van der Waals surface area contributed by atoms with Crippen LogP contribution in [0.3, 0.4) is 0 Å². The number of amides is 1. The third-order valence-corrected chi connectivity index (χ3v) is 6.80. The van der Waals surface area contributed by atoms with E-state index in [1.54, 1.807) is 10.9 Å². The molecule has 2 N–H and O–H groups in total. The van der Waals surface area contributed by atoms with Crippen LogP contribution in [0.25, 0.3) is 11.1 Å². The Kier molecular flexibility index (Phi) is 8.64. The van der Waals surface area contributed by atoms with Gasteiger partial charge in [0.15, 0.2) is 16.3 Å². The van der Waals surface area contributed by atoms with Gasteiger partial charge >= 0.3 is 0 Å². The molecule has 0 aliphatic carbocycles. The van der Waals surface area contributed by atoms with Crippen LogP contribution in [0, 0.1) is 0 Å². The molecule has 35 heavy (non-hydrogen) atoms. The first-order valence-corrected chi connectivity index (χ1v) is 13.0. The Morgan fingerprint density at radius 1 is 1.06 bits per heavy atom. The second-order valence-corrected chi connectivity index (χ2v) is 10.9. The molecule has 0 saturated carbocycles. The maximum atomic E-state index is 13.4. The molecule has 0 fully saturated rings. The quantitative estimate of drug-likeness (QED) is 0.393. The van der Waals surface area contributed by atoms with Gasteiger partial charge in [-0.15, -0.1) is 0 Å². The summed E-state index contributed by atoms with van der Waals surface area (Å²) in [5.74, 6) is -0.407. The van der Waals surface area contributed by atoms with Crippen molar-refractivity contribution in [2.75, 3.05) is 19.4 Å². The summed E-state index contributed by atoms with van der Waals surface area (Å²) in [5, 5.41) is 5.94. The number of hydrogen-bond acceptors (Lipinski definition) is 4. The van der Waals surface area contributed by atoms with E-state index in [1.165, 1.54) is 0 Å². The molecule has 0 bridgehead atoms. The fraction of sp³-hybridized carbons (Fsp3) is 0.407. The third kappa shape index (κ3) is 6.45. The molecule has 0 saturated heterocycles. The topological polar surface area (TPSA) is 87.5 Å². The number of carbonyl (C=O) groups is 1. The van der Waals surface area contributed by atoms with E-state index in [-0.39, 0.29) is 11.8 Å². The minimum Gasteiger partial charge on any atom is -0.325 e. The fourth-order valence-electron chi connectivity index (χ4n) is 4.28. The van der Waals surface area contributed by atoms with Crippen molar-refractivity contribution in [2.45, 2.75) is 51.3 Å². The largest absolute Gasteiger partial charge is 0.325 e. The molecule has 7 nitrogen and oxygen atoms in total. The second kappa shape index (κ2) is 11.3. The van der Waals surface area contributed by atoms with Crippen LogP contribution in [-0.4, -0.2) is 43.4 Å². The average Bonchev–Trinajstić information content (AvgIpc) is 3.20. The number of aryl methyl sites for hydroxylation is 1. The van der Waals surface area contributed by atoms with Crippen LogP contribution in [0.4, 0.5) is 5.69 Å². The van der Waals surface area contributed by atoms with E-state index in [9.17, 15) is 13.6 Å². The fourth-order valence-corrected chi connectivity index (χ4v) is 5.00. The van der Waals surface area contributed by atoms with Gasteiger partial charge in [-0.3, -0.25) is 9.48 Å². The maximum absolute atomic E-state index is 13.4. The molecule has 1 amide bonds. The van der Waals surface area contributed by atoms with Gasteiger partial charge in [0.1, 0.15) is 0 Å². The van der Waals surface area contributed by atoms with Crippen LogP contribution in [0.15, 0.2) is 48.8 Å². The number of aromatic nitrogens is 2. The van der Waals surface area contributed by atoms with Crippen LogP contribution in [0.2, 0.25) is 0 Å². The third-order valence-electron chi connectivity index (χ3n) is 5.95. The number of nitrogens with one attached hydrogen (secondary N) is 1. The molecule has 1 aromatic heterocycles. The lowest BCUT2D eigenvalue weighted by atomic mass is 9.84. The molecule has 3 rings (SSSR count). The Balaban J connectivity index is 2.06. The summed E-state index contributed by atoms with van der Waals surface area (Å²) >= 11 is -2.41. The lowest BCUT2D eigenvalue weighted by molar-refractivity contribution is -0.116. The summed E-state index contributed by atoms with van der Waals surface area (Å²) in [7, 11) is 5.86. The highest BCUT2D eigenvalue weighted by Gasteiger charge is 2.33. The number of hydrogen-bond donors (Lipinski definition) is 2. The average molecular weight is 497 g/mol. The zero-order chi connectivity index (χ0) is 25.9. The molecule has 3 aromatic rings. The molecular weight excluding hydrogens is 460 g/mol. The van der Waals surface area contributed by atoms with E-state index in [1.807, 2.05) is 91.4 Å². The van der Waals surface area contributed by atoms with Crippen LogP contribution < -0.4 is 5.32 Å². The van der Waals surface area contributed by atoms with Crippen molar-refractivity contribution in [1.82, 2.24) is 14.7 Å². The number of benzene rings is 2. The zero-order valence-corrected chi connectivity index (χ0v) is 22.4. The molecule has 188 valence electrons. The van der Waals surface area contributed by atoms with Gasteiger partial charge in [0.2, 0.25) is 5.91 Å². The molecule has 2 atom stereocenters. The van der Waals surface area contributed by atoms with E-state index in [4.69, 9.17) is 0 Å². The van der Waals surface area contributed by atoms with Crippen LogP contribution in [-0.2, 0) is 29.5 Å². The van der Waals surface area contributed by atoms with Crippen LogP contribution in [0.5, 0.6) is 0 Å². The second-order valence-electron chi connectivity index (χ2n) is 9.86. The van der Waals surface area contributed by atoms with E-state index >= 15 is 0 Å². The standard InChI is InChI=1S/C27H36N4O3S/c1-17(2)23-12-20(21-14-28-31(7)16-21)13-24(18(3)4)25(23)26(35(33)34)27(32)29-22-10-8-19(9-11-22)15-30(5)6/h8-14,16-18,26H,15H2,1-7H3,(H,29,32)(H,33,34). The smallest absolute Gasteiger partial charge is 0.247 e. The highest BCUT2D eigenvalue weighted by Crippen LogP contribution is 2.39. The summed E-state index contributed by atoms with van der Waals surface area (Å²) in [6, 6.07) is 11.6. The predicted molar refractivity (Wildman–Crippen MR) is 143 cm³/mol. The first kappa shape index (κ1) is 26.8.